The highest BCUT2D eigenvalue weighted by atomic mass is 16.5. The van der Waals surface area contributed by atoms with Crippen molar-refractivity contribution < 1.29 is 9.53 Å². The van der Waals surface area contributed by atoms with E-state index in [1.165, 1.54) is 0 Å². The van der Waals surface area contributed by atoms with Gasteiger partial charge in [-0.05, 0) is 25.5 Å². The highest BCUT2D eigenvalue weighted by Crippen LogP contribution is 2.29. The predicted octanol–water partition coefficient (Wildman–Crippen LogP) is 1.15. The molecule has 0 unspecified atom stereocenters. The Morgan fingerprint density at radius 3 is 3.00 bits per heavy atom. The summed E-state index contributed by atoms with van der Waals surface area (Å²) in [7, 11) is 0. The van der Waals surface area contributed by atoms with Crippen LogP contribution in [-0.4, -0.2) is 33.6 Å². The molecular weight excluding hydrogens is 270 g/mol. The third kappa shape index (κ3) is 1.68. The molecule has 0 spiro atoms. The van der Waals surface area contributed by atoms with Crippen molar-refractivity contribution in [3.8, 4) is 5.75 Å². The first kappa shape index (κ1) is 12.4. The van der Waals surface area contributed by atoms with E-state index in [1.54, 1.807) is 21.6 Å². The van der Waals surface area contributed by atoms with Crippen molar-refractivity contribution >= 4 is 16.8 Å². The molecule has 4 rings (SSSR count). The Morgan fingerprint density at radius 2 is 2.19 bits per heavy atom. The molecule has 1 amide bonds. The number of rotatable bonds is 1. The standard InChI is InChI=1S/C15H15N3O3/c1-2-17-8-21-12-7-9-11(6-10(12)14(17)19)16-13-4-3-5-18(13)15(9)20/h6-7H,2-5,8H2,1H3. The second-order valence-electron chi connectivity index (χ2n) is 5.39. The van der Waals surface area contributed by atoms with E-state index in [0.717, 1.165) is 25.2 Å². The highest BCUT2D eigenvalue weighted by molar-refractivity contribution is 6.01. The molecule has 1 aromatic heterocycles. The Bertz CT molecular complexity index is 825. The van der Waals surface area contributed by atoms with Gasteiger partial charge in [-0.1, -0.05) is 0 Å². The van der Waals surface area contributed by atoms with Crippen LogP contribution in [0.3, 0.4) is 0 Å². The molecule has 0 bridgehead atoms. The number of hydrogen-bond acceptors (Lipinski definition) is 4. The van der Waals surface area contributed by atoms with Crippen LogP contribution in [0.2, 0.25) is 0 Å². The average molecular weight is 285 g/mol. The zero-order chi connectivity index (χ0) is 14.6. The van der Waals surface area contributed by atoms with Gasteiger partial charge in [0.05, 0.1) is 16.5 Å². The fourth-order valence-electron chi connectivity index (χ4n) is 3.01. The lowest BCUT2D eigenvalue weighted by atomic mass is 10.1. The van der Waals surface area contributed by atoms with Gasteiger partial charge in [-0.2, -0.15) is 0 Å². The third-order valence-corrected chi connectivity index (χ3v) is 4.19. The van der Waals surface area contributed by atoms with Gasteiger partial charge in [0.1, 0.15) is 11.6 Å². The fraction of sp³-hybridized carbons (Fsp3) is 0.400. The first-order valence-electron chi connectivity index (χ1n) is 7.18. The summed E-state index contributed by atoms with van der Waals surface area (Å²) in [6, 6.07) is 3.35. The first-order valence-corrected chi connectivity index (χ1v) is 7.18. The lowest BCUT2D eigenvalue weighted by molar-refractivity contribution is 0.0539. The maximum absolute atomic E-state index is 12.5. The van der Waals surface area contributed by atoms with Crippen molar-refractivity contribution in [3.05, 3.63) is 33.9 Å². The zero-order valence-corrected chi connectivity index (χ0v) is 11.8. The van der Waals surface area contributed by atoms with Crippen LogP contribution in [0.25, 0.3) is 10.9 Å². The van der Waals surface area contributed by atoms with Crippen LogP contribution >= 0.6 is 0 Å². The largest absolute Gasteiger partial charge is 0.472 e. The molecule has 2 aliphatic heterocycles. The van der Waals surface area contributed by atoms with E-state index in [1.807, 2.05) is 6.92 Å². The smallest absolute Gasteiger partial charge is 0.261 e. The minimum Gasteiger partial charge on any atom is -0.472 e. The van der Waals surface area contributed by atoms with Crippen LogP contribution in [-0.2, 0) is 13.0 Å². The quantitative estimate of drug-likeness (QED) is 0.788. The number of benzene rings is 1. The molecule has 0 fully saturated rings. The predicted molar refractivity (Wildman–Crippen MR) is 76.5 cm³/mol. The van der Waals surface area contributed by atoms with Crippen LogP contribution in [0.4, 0.5) is 0 Å². The molecule has 2 aromatic rings. The normalized spacial score (nSPS) is 16.8. The number of ether oxygens (including phenoxy) is 1. The molecule has 0 N–H and O–H groups in total. The zero-order valence-electron chi connectivity index (χ0n) is 11.8. The maximum Gasteiger partial charge on any atom is 0.261 e. The minimum atomic E-state index is -0.0666. The van der Waals surface area contributed by atoms with Crippen LogP contribution in [0, 0.1) is 0 Å². The van der Waals surface area contributed by atoms with Gasteiger partial charge in [-0.15, -0.1) is 0 Å². The van der Waals surface area contributed by atoms with E-state index in [-0.39, 0.29) is 18.2 Å². The molecule has 21 heavy (non-hydrogen) atoms. The van der Waals surface area contributed by atoms with Gasteiger partial charge < -0.3 is 9.64 Å². The summed E-state index contributed by atoms with van der Waals surface area (Å²) in [6.45, 7) is 3.45. The van der Waals surface area contributed by atoms with E-state index in [9.17, 15) is 9.59 Å². The molecular formula is C15H15N3O3. The maximum atomic E-state index is 12.5. The van der Waals surface area contributed by atoms with E-state index < -0.39 is 0 Å². The monoisotopic (exact) mass is 285 g/mol. The number of fused-ring (bicyclic) bond motifs is 3. The second-order valence-corrected chi connectivity index (χ2v) is 5.39. The molecule has 0 aliphatic carbocycles. The lowest BCUT2D eigenvalue weighted by Gasteiger charge is -2.27. The number of aromatic nitrogens is 2. The van der Waals surface area contributed by atoms with Gasteiger partial charge in [0.25, 0.3) is 11.5 Å². The van der Waals surface area contributed by atoms with E-state index in [2.05, 4.69) is 4.98 Å². The molecule has 3 heterocycles. The molecule has 0 saturated heterocycles. The molecule has 6 heteroatoms. The molecule has 0 atom stereocenters. The summed E-state index contributed by atoms with van der Waals surface area (Å²) >= 11 is 0. The minimum absolute atomic E-state index is 0.0377. The van der Waals surface area contributed by atoms with Gasteiger partial charge in [0.15, 0.2) is 6.73 Å². The van der Waals surface area contributed by atoms with Crippen molar-refractivity contribution in [2.24, 2.45) is 0 Å². The molecule has 6 nitrogen and oxygen atoms in total. The summed E-state index contributed by atoms with van der Waals surface area (Å²) in [5.74, 6) is 1.22. The average Bonchev–Trinajstić information content (AvgIpc) is 2.96. The SMILES string of the molecule is CCN1COc2cc3c(=O)n4c(nc3cc2C1=O)CCC4. The number of hydrogen-bond donors (Lipinski definition) is 0. The molecule has 108 valence electrons. The lowest BCUT2D eigenvalue weighted by Crippen LogP contribution is -2.38. The summed E-state index contributed by atoms with van der Waals surface area (Å²) in [4.78, 5) is 31.0. The van der Waals surface area contributed by atoms with Gasteiger partial charge in [0.2, 0.25) is 0 Å². The highest BCUT2D eigenvalue weighted by Gasteiger charge is 2.26. The summed E-state index contributed by atoms with van der Waals surface area (Å²) in [5, 5.41) is 0.525. The number of aryl methyl sites for hydroxylation is 1. The Labute approximate surface area is 121 Å². The number of amides is 1. The molecule has 2 aliphatic rings. The first-order chi connectivity index (χ1) is 10.2. The molecule has 1 aromatic carbocycles. The Hall–Kier alpha value is -2.37. The summed E-state index contributed by atoms with van der Waals surface area (Å²) in [5.41, 5.74) is 1.04. The number of carbonyl (C=O) groups is 1. The fourth-order valence-corrected chi connectivity index (χ4v) is 3.01. The van der Waals surface area contributed by atoms with Crippen molar-refractivity contribution in [2.45, 2.75) is 26.3 Å². The number of carbonyl (C=O) groups excluding carboxylic acids is 1. The van der Waals surface area contributed by atoms with Crippen LogP contribution in [0.1, 0.15) is 29.5 Å². The molecule has 0 radical (unpaired) electrons. The van der Waals surface area contributed by atoms with Gasteiger partial charge in [0, 0.05) is 19.5 Å². The Morgan fingerprint density at radius 1 is 1.33 bits per heavy atom. The van der Waals surface area contributed by atoms with Crippen molar-refractivity contribution in [1.29, 1.82) is 0 Å². The Kier molecular flexibility index (Phi) is 2.54. The third-order valence-electron chi connectivity index (χ3n) is 4.19. The van der Waals surface area contributed by atoms with Crippen LogP contribution in [0.15, 0.2) is 16.9 Å². The van der Waals surface area contributed by atoms with E-state index in [4.69, 9.17) is 4.74 Å². The van der Waals surface area contributed by atoms with Crippen molar-refractivity contribution in [2.75, 3.05) is 13.3 Å². The number of nitrogens with zero attached hydrogens (tertiary/aromatic N) is 3. The summed E-state index contributed by atoms with van der Waals surface area (Å²) in [6.07, 6.45) is 1.76. The van der Waals surface area contributed by atoms with Crippen molar-refractivity contribution in [3.63, 3.8) is 0 Å². The van der Waals surface area contributed by atoms with Crippen LogP contribution < -0.4 is 10.3 Å². The van der Waals surface area contributed by atoms with Crippen molar-refractivity contribution in [1.82, 2.24) is 14.5 Å². The van der Waals surface area contributed by atoms with Gasteiger partial charge in [-0.25, -0.2) is 4.98 Å². The van der Waals surface area contributed by atoms with E-state index in [0.29, 0.717) is 28.8 Å². The summed E-state index contributed by atoms with van der Waals surface area (Å²) < 4.78 is 7.33. The van der Waals surface area contributed by atoms with E-state index >= 15 is 0 Å². The van der Waals surface area contributed by atoms with Gasteiger partial charge in [-0.3, -0.25) is 14.2 Å². The molecule has 0 saturated carbocycles. The topological polar surface area (TPSA) is 64.4 Å². The van der Waals surface area contributed by atoms with Gasteiger partial charge >= 0.3 is 0 Å². The second kappa shape index (κ2) is 4.31. The van der Waals surface area contributed by atoms with Crippen LogP contribution in [0.5, 0.6) is 5.75 Å². The Balaban J connectivity index is 1.98.